The third-order valence-electron chi connectivity index (χ3n) is 5.88. The Morgan fingerprint density at radius 2 is 1.44 bits per heavy atom. The van der Waals surface area contributed by atoms with Gasteiger partial charge >= 0.3 is 0 Å². The van der Waals surface area contributed by atoms with Crippen LogP contribution in [0.3, 0.4) is 0 Å². The molecule has 1 saturated heterocycles. The Balaban J connectivity index is 1.68. The summed E-state index contributed by atoms with van der Waals surface area (Å²) in [4.78, 5) is 2.91. The number of hydrogen-bond acceptors (Lipinski definition) is 2. The lowest BCUT2D eigenvalue weighted by Gasteiger charge is -2.42. The van der Waals surface area contributed by atoms with E-state index in [0.717, 1.165) is 30.5 Å². The number of hydrogen-bond donors (Lipinski definition) is 1. The molecular weight excluding hydrogens is 220 g/mol. The Kier molecular flexibility index (Phi) is 4.25. The molecule has 3 fully saturated rings. The number of rotatable bonds is 3. The molecule has 0 spiro atoms. The normalized spacial score (nSPS) is 39.5. The average molecular weight is 250 g/mol. The van der Waals surface area contributed by atoms with Gasteiger partial charge in [0.05, 0.1) is 0 Å². The molecule has 1 aliphatic heterocycles. The summed E-state index contributed by atoms with van der Waals surface area (Å²) >= 11 is 0. The Bertz CT molecular complexity index is 260. The first kappa shape index (κ1) is 12.9. The van der Waals surface area contributed by atoms with E-state index < -0.39 is 0 Å². The second-order valence-corrected chi connectivity index (χ2v) is 6.84. The Hall–Kier alpha value is -0.0800. The summed E-state index contributed by atoms with van der Waals surface area (Å²) in [6, 6.07) is 1.75. The second-order valence-electron chi connectivity index (χ2n) is 6.84. The zero-order chi connectivity index (χ0) is 12.4. The molecule has 0 aromatic rings. The second kappa shape index (κ2) is 5.92. The van der Waals surface area contributed by atoms with Crippen molar-refractivity contribution in [3.05, 3.63) is 0 Å². The molecule has 0 bridgehead atoms. The van der Waals surface area contributed by atoms with E-state index in [1.165, 1.54) is 70.8 Å². The summed E-state index contributed by atoms with van der Waals surface area (Å²) in [5.41, 5.74) is 6.03. The van der Waals surface area contributed by atoms with Crippen molar-refractivity contribution in [2.45, 2.75) is 76.3 Å². The first-order chi connectivity index (χ1) is 8.90. The molecule has 2 saturated carbocycles. The summed E-state index contributed by atoms with van der Waals surface area (Å²) in [7, 11) is 0. The minimum absolute atomic E-state index is 0.792. The van der Waals surface area contributed by atoms with Crippen LogP contribution in [0.5, 0.6) is 0 Å². The van der Waals surface area contributed by atoms with Crippen molar-refractivity contribution in [3.8, 4) is 0 Å². The van der Waals surface area contributed by atoms with Crippen LogP contribution in [0.2, 0.25) is 0 Å². The van der Waals surface area contributed by atoms with Gasteiger partial charge in [0.25, 0.3) is 0 Å². The molecule has 2 N–H and O–H groups in total. The molecule has 18 heavy (non-hydrogen) atoms. The molecule has 2 nitrogen and oxygen atoms in total. The van der Waals surface area contributed by atoms with Crippen LogP contribution in [0.4, 0.5) is 0 Å². The van der Waals surface area contributed by atoms with Crippen LogP contribution in [0, 0.1) is 11.8 Å². The molecule has 0 aromatic carbocycles. The molecule has 0 radical (unpaired) electrons. The van der Waals surface area contributed by atoms with Gasteiger partial charge in [0, 0.05) is 12.1 Å². The van der Waals surface area contributed by atoms with Crippen molar-refractivity contribution in [2.24, 2.45) is 17.6 Å². The SMILES string of the molecule is NCC1CCCCC1N1CCCC1C1CCCC1. The summed E-state index contributed by atoms with van der Waals surface area (Å²) < 4.78 is 0. The van der Waals surface area contributed by atoms with Crippen molar-refractivity contribution in [2.75, 3.05) is 13.1 Å². The zero-order valence-corrected chi connectivity index (χ0v) is 11.8. The van der Waals surface area contributed by atoms with Gasteiger partial charge in [0.1, 0.15) is 0 Å². The van der Waals surface area contributed by atoms with Crippen molar-refractivity contribution in [1.82, 2.24) is 4.90 Å². The van der Waals surface area contributed by atoms with Gasteiger partial charge in [0.2, 0.25) is 0 Å². The van der Waals surface area contributed by atoms with E-state index in [2.05, 4.69) is 4.90 Å². The van der Waals surface area contributed by atoms with E-state index >= 15 is 0 Å². The van der Waals surface area contributed by atoms with E-state index in [-0.39, 0.29) is 0 Å². The molecule has 104 valence electrons. The molecule has 1 heterocycles. The van der Waals surface area contributed by atoms with Gasteiger partial charge in [-0.05, 0) is 63.5 Å². The lowest BCUT2D eigenvalue weighted by atomic mass is 9.82. The van der Waals surface area contributed by atoms with Gasteiger partial charge in [-0.25, -0.2) is 0 Å². The maximum absolute atomic E-state index is 6.03. The fourth-order valence-corrected chi connectivity index (χ4v) is 4.97. The van der Waals surface area contributed by atoms with Crippen LogP contribution in [-0.2, 0) is 0 Å². The topological polar surface area (TPSA) is 29.3 Å². The van der Waals surface area contributed by atoms with Gasteiger partial charge < -0.3 is 5.73 Å². The zero-order valence-electron chi connectivity index (χ0n) is 11.8. The molecule has 2 heteroatoms. The molecule has 2 aliphatic carbocycles. The smallest absolute Gasteiger partial charge is 0.0139 e. The van der Waals surface area contributed by atoms with Gasteiger partial charge in [0.15, 0.2) is 0 Å². The van der Waals surface area contributed by atoms with E-state index in [9.17, 15) is 0 Å². The summed E-state index contributed by atoms with van der Waals surface area (Å²) in [6.45, 7) is 2.28. The minimum atomic E-state index is 0.792. The highest BCUT2D eigenvalue weighted by Gasteiger charge is 2.39. The Labute approximate surface area is 112 Å². The molecule has 3 rings (SSSR count). The van der Waals surface area contributed by atoms with Gasteiger partial charge in [-0.3, -0.25) is 4.90 Å². The number of nitrogens with two attached hydrogens (primary N) is 1. The first-order valence-electron chi connectivity index (χ1n) is 8.36. The van der Waals surface area contributed by atoms with Crippen molar-refractivity contribution >= 4 is 0 Å². The van der Waals surface area contributed by atoms with Crippen molar-refractivity contribution < 1.29 is 0 Å². The third kappa shape index (κ3) is 2.46. The van der Waals surface area contributed by atoms with Crippen LogP contribution in [0.25, 0.3) is 0 Å². The Morgan fingerprint density at radius 1 is 0.778 bits per heavy atom. The maximum atomic E-state index is 6.03. The lowest BCUT2D eigenvalue weighted by molar-refractivity contribution is 0.0706. The first-order valence-corrected chi connectivity index (χ1v) is 8.36. The summed E-state index contributed by atoms with van der Waals surface area (Å²) in [5.74, 6) is 1.81. The fourth-order valence-electron chi connectivity index (χ4n) is 4.97. The van der Waals surface area contributed by atoms with E-state index in [1.807, 2.05) is 0 Å². The van der Waals surface area contributed by atoms with Gasteiger partial charge in [-0.15, -0.1) is 0 Å². The van der Waals surface area contributed by atoms with Crippen LogP contribution in [0.1, 0.15) is 64.2 Å². The largest absolute Gasteiger partial charge is 0.330 e. The highest BCUT2D eigenvalue weighted by Crippen LogP contribution is 2.39. The lowest BCUT2D eigenvalue weighted by Crippen LogP contribution is -2.49. The molecular formula is C16H30N2. The molecule has 3 unspecified atom stereocenters. The molecule has 3 atom stereocenters. The molecule has 0 aromatic heterocycles. The average Bonchev–Trinajstić information content (AvgIpc) is 3.09. The van der Waals surface area contributed by atoms with Gasteiger partial charge in [-0.1, -0.05) is 25.7 Å². The van der Waals surface area contributed by atoms with E-state index in [0.29, 0.717) is 0 Å². The number of likely N-dealkylation sites (tertiary alicyclic amines) is 1. The quantitative estimate of drug-likeness (QED) is 0.833. The molecule has 0 amide bonds. The standard InChI is InChI=1S/C16H30N2/c17-12-14-8-3-4-9-16(14)18-11-5-10-15(18)13-6-1-2-7-13/h13-16H,1-12,17H2. The predicted molar refractivity (Wildman–Crippen MR) is 76.5 cm³/mol. The summed E-state index contributed by atoms with van der Waals surface area (Å²) in [6.07, 6.45) is 14.5. The monoisotopic (exact) mass is 250 g/mol. The van der Waals surface area contributed by atoms with Gasteiger partial charge in [-0.2, -0.15) is 0 Å². The van der Waals surface area contributed by atoms with Crippen LogP contribution in [0.15, 0.2) is 0 Å². The third-order valence-corrected chi connectivity index (χ3v) is 5.88. The van der Waals surface area contributed by atoms with Crippen LogP contribution in [-0.4, -0.2) is 30.1 Å². The molecule has 3 aliphatic rings. The minimum Gasteiger partial charge on any atom is -0.330 e. The van der Waals surface area contributed by atoms with Crippen LogP contribution < -0.4 is 5.73 Å². The van der Waals surface area contributed by atoms with E-state index in [1.54, 1.807) is 0 Å². The fraction of sp³-hybridized carbons (Fsp3) is 1.00. The highest BCUT2D eigenvalue weighted by molar-refractivity contribution is 4.94. The maximum Gasteiger partial charge on any atom is 0.0139 e. The Morgan fingerprint density at radius 3 is 2.22 bits per heavy atom. The number of nitrogens with zero attached hydrogens (tertiary/aromatic N) is 1. The highest BCUT2D eigenvalue weighted by atomic mass is 15.2. The van der Waals surface area contributed by atoms with Crippen molar-refractivity contribution in [3.63, 3.8) is 0 Å². The summed E-state index contributed by atoms with van der Waals surface area (Å²) in [5, 5.41) is 0. The van der Waals surface area contributed by atoms with Crippen molar-refractivity contribution in [1.29, 1.82) is 0 Å². The predicted octanol–water partition coefficient (Wildman–Crippen LogP) is 3.16. The van der Waals surface area contributed by atoms with Crippen LogP contribution >= 0.6 is 0 Å². The van der Waals surface area contributed by atoms with E-state index in [4.69, 9.17) is 5.73 Å².